The number of para-hydroxylation sites is 4. The maximum absolute atomic E-state index is 4.67. The van der Waals surface area contributed by atoms with Crippen molar-refractivity contribution in [2.75, 3.05) is 0 Å². The number of aromatic amines is 2. The van der Waals surface area contributed by atoms with E-state index in [0.29, 0.717) is 0 Å². The molecule has 6 aromatic heterocycles. The van der Waals surface area contributed by atoms with Gasteiger partial charge in [0.1, 0.15) is 0 Å². The number of aromatic nitrogens is 8. The first-order chi connectivity index (χ1) is 34.7. The Morgan fingerprint density at radius 2 is 0.507 bits per heavy atom. The zero-order valence-electron chi connectivity index (χ0n) is 38.1. The minimum absolute atomic E-state index is 0. The molecule has 0 unspecified atom stereocenters. The predicted octanol–water partition coefficient (Wildman–Crippen LogP) is 15.3. The van der Waals surface area contributed by atoms with Crippen LogP contribution in [-0.4, -0.2) is 39.9 Å². The molecule has 0 amide bonds. The molecule has 8 nitrogen and oxygen atoms in total. The van der Waals surface area contributed by atoms with Crippen molar-refractivity contribution in [2.24, 2.45) is 0 Å². The van der Waals surface area contributed by atoms with Crippen LogP contribution in [0.5, 0.6) is 0 Å². The summed E-state index contributed by atoms with van der Waals surface area (Å²) in [7, 11) is 0. The molecule has 0 bridgehead atoms. The maximum Gasteiger partial charge on any atom is 0.174 e. The van der Waals surface area contributed by atoms with E-state index in [0.717, 1.165) is 77.3 Å². The number of hydrogen-bond acceptors (Lipinski definition) is 6. The van der Waals surface area contributed by atoms with Gasteiger partial charge >= 0.3 is 0 Å². The van der Waals surface area contributed by atoms with Crippen molar-refractivity contribution >= 4 is 65.7 Å². The standard InChI is InChI=1S/2C24H16N2.C14H10N4.Ru/c2*1-3-7-17(8-4-1)19-13-15-25-23-21(19)11-12-22-20(14-16-26-24(22)23)18-9-5-2-6-10-18;1-2-6-10-9(5-1)15-13(16-10)14-17-11-7-3-4-8-12(11)18-14;/h2*1-16H;1-8H,(H,15,16)(H,17,18);. The Morgan fingerprint density at radius 1 is 0.254 bits per heavy atom. The fourth-order valence-electron chi connectivity index (χ4n) is 9.26. The molecule has 14 rings (SSSR count). The number of hydrogen-bond donors (Lipinski definition) is 2. The van der Waals surface area contributed by atoms with Crippen molar-refractivity contribution in [3.63, 3.8) is 0 Å². The van der Waals surface area contributed by atoms with Crippen LogP contribution in [0, 0.1) is 0 Å². The third-order valence-corrected chi connectivity index (χ3v) is 12.6. The Kier molecular flexibility index (Phi) is 12.5. The van der Waals surface area contributed by atoms with Crippen molar-refractivity contribution in [2.45, 2.75) is 0 Å². The number of H-pyrrole nitrogens is 2. The molecule has 338 valence electrons. The molecule has 14 aromatic rings. The monoisotopic (exact) mass is 1000 g/mol. The normalized spacial score (nSPS) is 11.0. The van der Waals surface area contributed by atoms with Gasteiger partial charge in [-0.1, -0.05) is 170 Å². The van der Waals surface area contributed by atoms with Gasteiger partial charge in [0.15, 0.2) is 11.6 Å². The van der Waals surface area contributed by atoms with Crippen molar-refractivity contribution in [1.82, 2.24) is 39.9 Å². The topological polar surface area (TPSA) is 109 Å². The summed E-state index contributed by atoms with van der Waals surface area (Å²) in [5, 5.41) is 4.51. The van der Waals surface area contributed by atoms with E-state index >= 15 is 0 Å². The van der Waals surface area contributed by atoms with Crippen LogP contribution < -0.4 is 0 Å². The second-order valence-corrected chi connectivity index (χ2v) is 16.8. The molecule has 71 heavy (non-hydrogen) atoms. The SMILES string of the molecule is [Ru].c1ccc(-c2ccnc3c2ccc2c(-c4ccccc4)ccnc23)cc1.c1ccc(-c2ccnc3c2ccc2c(-c4ccccc4)ccnc23)cc1.c1ccc2[nH]c(-c3nc4ccccc4[nH]3)nc2c1. The van der Waals surface area contributed by atoms with Gasteiger partial charge in [-0.3, -0.25) is 19.9 Å². The van der Waals surface area contributed by atoms with Crippen molar-refractivity contribution in [3.05, 3.63) is 243 Å². The average molecular weight is 1000 g/mol. The van der Waals surface area contributed by atoms with Crippen LogP contribution >= 0.6 is 0 Å². The summed E-state index contributed by atoms with van der Waals surface area (Å²) in [4.78, 5) is 34.3. The number of rotatable bonds is 5. The van der Waals surface area contributed by atoms with E-state index in [-0.39, 0.29) is 19.5 Å². The third-order valence-electron chi connectivity index (χ3n) is 12.6. The Morgan fingerprint density at radius 3 is 0.775 bits per heavy atom. The molecule has 9 heteroatoms. The van der Waals surface area contributed by atoms with Crippen molar-refractivity contribution in [1.29, 1.82) is 0 Å². The quantitative estimate of drug-likeness (QED) is 0.131. The first kappa shape index (κ1) is 44.5. The summed E-state index contributed by atoms with van der Waals surface area (Å²) in [6.07, 6.45) is 7.50. The fraction of sp³-hybridized carbons (Fsp3) is 0. The summed E-state index contributed by atoms with van der Waals surface area (Å²) in [6, 6.07) is 74.6. The zero-order valence-corrected chi connectivity index (χ0v) is 39.9. The number of nitrogens with one attached hydrogen (secondary N) is 2. The average Bonchev–Trinajstić information content (AvgIpc) is 4.09. The van der Waals surface area contributed by atoms with Gasteiger partial charge in [0, 0.05) is 65.8 Å². The Hall–Kier alpha value is -9.04. The van der Waals surface area contributed by atoms with Crippen LogP contribution in [0.1, 0.15) is 0 Å². The Balaban J connectivity index is 0.000000117. The molecule has 6 heterocycles. The van der Waals surface area contributed by atoms with Gasteiger partial charge < -0.3 is 9.97 Å². The summed E-state index contributed by atoms with van der Waals surface area (Å²) in [5.74, 6) is 1.54. The smallest absolute Gasteiger partial charge is 0.174 e. The molecular weight excluding hydrogens is 958 g/mol. The maximum atomic E-state index is 4.67. The molecular formula is C62H42N8Ru. The third kappa shape index (κ3) is 8.83. The van der Waals surface area contributed by atoms with E-state index in [4.69, 9.17) is 0 Å². The van der Waals surface area contributed by atoms with E-state index in [9.17, 15) is 0 Å². The number of nitrogens with zero attached hydrogens (tertiary/aromatic N) is 6. The largest absolute Gasteiger partial charge is 0.335 e. The molecule has 0 aliphatic heterocycles. The van der Waals surface area contributed by atoms with Gasteiger partial charge in [0.05, 0.1) is 44.1 Å². The Labute approximate surface area is 422 Å². The molecule has 0 spiro atoms. The summed E-state index contributed by atoms with van der Waals surface area (Å²) >= 11 is 0. The second kappa shape index (κ2) is 19.9. The van der Waals surface area contributed by atoms with E-state index in [1.54, 1.807) is 0 Å². The minimum atomic E-state index is 0. The van der Waals surface area contributed by atoms with E-state index < -0.39 is 0 Å². The molecule has 0 atom stereocenters. The predicted molar refractivity (Wildman–Crippen MR) is 287 cm³/mol. The molecule has 0 saturated carbocycles. The van der Waals surface area contributed by atoms with Gasteiger partial charge in [0.2, 0.25) is 0 Å². The summed E-state index contributed by atoms with van der Waals surface area (Å²) in [6.45, 7) is 0. The van der Waals surface area contributed by atoms with Crippen molar-refractivity contribution < 1.29 is 19.5 Å². The van der Waals surface area contributed by atoms with Gasteiger partial charge in [-0.05, 0) is 93.0 Å². The Bertz CT molecular complexity index is 3590. The van der Waals surface area contributed by atoms with Crippen LogP contribution in [0.3, 0.4) is 0 Å². The number of imidazole rings is 2. The molecule has 8 aromatic carbocycles. The summed E-state index contributed by atoms with van der Waals surface area (Å²) < 4.78 is 0. The van der Waals surface area contributed by atoms with Crippen LogP contribution in [-0.2, 0) is 19.5 Å². The summed E-state index contributed by atoms with van der Waals surface area (Å²) in [5.41, 5.74) is 17.2. The molecule has 0 radical (unpaired) electrons. The second-order valence-electron chi connectivity index (χ2n) is 16.8. The molecule has 0 aliphatic carbocycles. The van der Waals surface area contributed by atoms with Crippen LogP contribution in [0.4, 0.5) is 0 Å². The van der Waals surface area contributed by atoms with Crippen LogP contribution in [0.25, 0.3) is 122 Å². The van der Waals surface area contributed by atoms with Gasteiger partial charge in [-0.2, -0.15) is 0 Å². The van der Waals surface area contributed by atoms with E-state index in [2.05, 4.69) is 185 Å². The molecule has 0 saturated heterocycles. The van der Waals surface area contributed by atoms with Crippen LogP contribution in [0.15, 0.2) is 243 Å². The van der Waals surface area contributed by atoms with Crippen LogP contribution in [0.2, 0.25) is 0 Å². The zero-order chi connectivity index (χ0) is 46.6. The number of pyridine rings is 4. The number of fused-ring (bicyclic) bond motifs is 8. The van der Waals surface area contributed by atoms with Gasteiger partial charge in [-0.25, -0.2) is 9.97 Å². The van der Waals surface area contributed by atoms with E-state index in [1.165, 1.54) is 44.5 Å². The fourth-order valence-corrected chi connectivity index (χ4v) is 9.26. The number of benzene rings is 8. The van der Waals surface area contributed by atoms with Gasteiger partial charge in [0.25, 0.3) is 0 Å². The van der Waals surface area contributed by atoms with E-state index in [1.807, 2.05) is 97.6 Å². The molecule has 0 fully saturated rings. The minimum Gasteiger partial charge on any atom is -0.335 e. The first-order valence-electron chi connectivity index (χ1n) is 23.2. The molecule has 2 N–H and O–H groups in total. The van der Waals surface area contributed by atoms with Crippen molar-refractivity contribution in [3.8, 4) is 56.2 Å². The van der Waals surface area contributed by atoms with Gasteiger partial charge in [-0.15, -0.1) is 0 Å². The molecule has 0 aliphatic rings. The first-order valence-corrected chi connectivity index (χ1v) is 23.2.